The lowest BCUT2D eigenvalue weighted by molar-refractivity contribution is -0.125. The van der Waals surface area contributed by atoms with E-state index in [9.17, 15) is 4.79 Å². The maximum absolute atomic E-state index is 12.5. The molecule has 0 saturated carbocycles. The van der Waals surface area contributed by atoms with Crippen LogP contribution in [0.15, 0.2) is 28.8 Å². The Balaban J connectivity index is 1.21. The van der Waals surface area contributed by atoms with Gasteiger partial charge >= 0.3 is 6.01 Å². The van der Waals surface area contributed by atoms with E-state index >= 15 is 0 Å². The van der Waals surface area contributed by atoms with E-state index in [-0.39, 0.29) is 11.8 Å². The van der Waals surface area contributed by atoms with Crippen LogP contribution in [-0.2, 0) is 4.79 Å². The van der Waals surface area contributed by atoms with Crippen molar-refractivity contribution in [1.29, 1.82) is 0 Å². The third kappa shape index (κ3) is 5.32. The van der Waals surface area contributed by atoms with E-state index < -0.39 is 0 Å². The van der Waals surface area contributed by atoms with E-state index in [1.54, 1.807) is 0 Å². The Morgan fingerprint density at radius 3 is 2.53 bits per heavy atom. The molecule has 0 unspecified atom stereocenters. The van der Waals surface area contributed by atoms with Gasteiger partial charge < -0.3 is 19.6 Å². The highest BCUT2D eigenvalue weighted by molar-refractivity contribution is 6.30. The summed E-state index contributed by atoms with van der Waals surface area (Å²) in [6.07, 6.45) is 4.13. The molecular weight excluding hydrogens is 402 g/mol. The number of likely N-dealkylation sites (tertiary alicyclic amines) is 1. The molecule has 1 N–H and O–H groups in total. The molecule has 2 aromatic rings. The topological polar surface area (TPSA) is 74.5 Å². The third-order valence-corrected chi connectivity index (χ3v) is 6.51. The van der Waals surface area contributed by atoms with Crippen LogP contribution in [0.2, 0.25) is 5.02 Å². The average Bonchev–Trinajstić information content (AvgIpc) is 3.26. The minimum atomic E-state index is 0.0567. The smallest absolute Gasteiger partial charge is 0.324 e. The van der Waals surface area contributed by atoms with Crippen LogP contribution in [-0.4, -0.2) is 60.2 Å². The van der Waals surface area contributed by atoms with Crippen LogP contribution in [0.25, 0.3) is 11.4 Å². The van der Waals surface area contributed by atoms with Crippen LogP contribution in [0.1, 0.15) is 32.6 Å². The normalized spacial score (nSPS) is 19.2. The van der Waals surface area contributed by atoms with Crippen molar-refractivity contribution in [2.24, 2.45) is 11.8 Å². The molecule has 2 aliphatic heterocycles. The molecule has 0 aliphatic carbocycles. The number of anilines is 1. The van der Waals surface area contributed by atoms with E-state index in [1.165, 1.54) is 12.8 Å². The molecule has 0 radical (unpaired) electrons. The van der Waals surface area contributed by atoms with Gasteiger partial charge in [-0.1, -0.05) is 23.7 Å². The number of benzene rings is 1. The van der Waals surface area contributed by atoms with E-state index in [0.29, 0.717) is 16.9 Å². The molecule has 2 saturated heterocycles. The highest BCUT2D eigenvalue weighted by Gasteiger charge is 2.27. The molecule has 162 valence electrons. The van der Waals surface area contributed by atoms with E-state index in [4.69, 9.17) is 16.1 Å². The Kier molecular flexibility index (Phi) is 6.89. The van der Waals surface area contributed by atoms with Crippen LogP contribution in [0.4, 0.5) is 6.01 Å². The van der Waals surface area contributed by atoms with Gasteiger partial charge in [0.15, 0.2) is 0 Å². The molecule has 1 aromatic heterocycles. The number of nitrogens with one attached hydrogen (secondary N) is 1. The molecule has 0 bridgehead atoms. The number of carbonyl (C=O) groups excluding carboxylic acids is 1. The molecule has 4 rings (SSSR count). The minimum absolute atomic E-state index is 0.0567. The summed E-state index contributed by atoms with van der Waals surface area (Å²) in [4.78, 5) is 21.6. The summed E-state index contributed by atoms with van der Waals surface area (Å²) in [5, 5.41) is 7.89. The lowest BCUT2D eigenvalue weighted by Gasteiger charge is -2.31. The van der Waals surface area contributed by atoms with Gasteiger partial charge in [-0.15, -0.1) is 0 Å². The number of halogens is 1. The van der Waals surface area contributed by atoms with Crippen molar-refractivity contribution >= 4 is 23.5 Å². The lowest BCUT2D eigenvalue weighted by Crippen LogP contribution is -2.43. The molecule has 1 aromatic carbocycles. The predicted octanol–water partition coefficient (Wildman–Crippen LogP) is 3.45. The standard InChI is InChI=1S/C22H30ClN5O2/c1-16-6-11-27(12-7-16)15-10-24-21(29)18-8-13-28(14-9-18)22-25-20(26-30-22)17-2-4-19(23)5-3-17/h2-5,16,18H,6-15H2,1H3,(H,24,29). The Bertz CT molecular complexity index is 824. The Morgan fingerprint density at radius 1 is 1.13 bits per heavy atom. The first-order chi connectivity index (χ1) is 14.6. The number of hydrogen-bond acceptors (Lipinski definition) is 6. The zero-order chi connectivity index (χ0) is 20.9. The molecule has 0 spiro atoms. The van der Waals surface area contributed by atoms with Crippen LogP contribution in [0.3, 0.4) is 0 Å². The first kappa shape index (κ1) is 21.1. The Morgan fingerprint density at radius 2 is 1.83 bits per heavy atom. The van der Waals surface area contributed by atoms with Crippen molar-refractivity contribution in [1.82, 2.24) is 20.4 Å². The molecule has 30 heavy (non-hydrogen) atoms. The second kappa shape index (κ2) is 9.79. The van der Waals surface area contributed by atoms with E-state index in [2.05, 4.69) is 32.2 Å². The van der Waals surface area contributed by atoms with Gasteiger partial charge in [-0.05, 0) is 69.0 Å². The minimum Gasteiger partial charge on any atom is -0.355 e. The molecule has 2 aliphatic rings. The van der Waals surface area contributed by atoms with Crippen molar-refractivity contribution in [3.8, 4) is 11.4 Å². The van der Waals surface area contributed by atoms with Crippen molar-refractivity contribution in [3.63, 3.8) is 0 Å². The average molecular weight is 432 g/mol. The summed E-state index contributed by atoms with van der Waals surface area (Å²) in [7, 11) is 0. The van der Waals surface area contributed by atoms with Gasteiger partial charge in [-0.2, -0.15) is 4.98 Å². The second-order valence-electron chi connectivity index (χ2n) is 8.48. The number of carbonyl (C=O) groups is 1. The van der Waals surface area contributed by atoms with Gasteiger partial charge in [0.25, 0.3) is 0 Å². The molecule has 3 heterocycles. The summed E-state index contributed by atoms with van der Waals surface area (Å²) in [5.41, 5.74) is 0.867. The van der Waals surface area contributed by atoms with Crippen LogP contribution < -0.4 is 10.2 Å². The number of hydrogen-bond donors (Lipinski definition) is 1. The monoisotopic (exact) mass is 431 g/mol. The summed E-state index contributed by atoms with van der Waals surface area (Å²) < 4.78 is 5.45. The van der Waals surface area contributed by atoms with Crippen LogP contribution in [0, 0.1) is 11.8 Å². The lowest BCUT2D eigenvalue weighted by atomic mass is 9.96. The van der Waals surface area contributed by atoms with Gasteiger partial charge in [-0.25, -0.2) is 0 Å². The first-order valence-corrected chi connectivity index (χ1v) is 11.3. The molecule has 1 amide bonds. The zero-order valence-electron chi connectivity index (χ0n) is 17.5. The highest BCUT2D eigenvalue weighted by atomic mass is 35.5. The summed E-state index contributed by atoms with van der Waals surface area (Å²) >= 11 is 5.93. The van der Waals surface area contributed by atoms with Crippen molar-refractivity contribution < 1.29 is 9.32 Å². The van der Waals surface area contributed by atoms with E-state index in [1.807, 2.05) is 24.3 Å². The molecular formula is C22H30ClN5O2. The first-order valence-electron chi connectivity index (χ1n) is 10.9. The summed E-state index contributed by atoms with van der Waals surface area (Å²) in [6, 6.07) is 7.87. The predicted molar refractivity (Wildman–Crippen MR) is 118 cm³/mol. The number of amides is 1. The number of aromatic nitrogens is 2. The summed E-state index contributed by atoms with van der Waals surface area (Å²) in [6.45, 7) is 7.79. The third-order valence-electron chi connectivity index (χ3n) is 6.26. The van der Waals surface area contributed by atoms with Crippen LogP contribution >= 0.6 is 11.6 Å². The summed E-state index contributed by atoms with van der Waals surface area (Å²) in [5.74, 6) is 1.62. The van der Waals surface area contributed by atoms with E-state index in [0.717, 1.165) is 63.6 Å². The molecule has 2 fully saturated rings. The fourth-order valence-electron chi connectivity index (χ4n) is 4.16. The largest absolute Gasteiger partial charge is 0.355 e. The second-order valence-corrected chi connectivity index (χ2v) is 8.92. The van der Waals surface area contributed by atoms with Gasteiger partial charge in [0, 0.05) is 42.7 Å². The van der Waals surface area contributed by atoms with Gasteiger partial charge in [-0.3, -0.25) is 4.79 Å². The van der Waals surface area contributed by atoms with Gasteiger partial charge in [0.05, 0.1) is 0 Å². The number of nitrogens with zero attached hydrogens (tertiary/aromatic N) is 4. The van der Waals surface area contributed by atoms with Crippen molar-refractivity contribution in [3.05, 3.63) is 29.3 Å². The fourth-order valence-corrected chi connectivity index (χ4v) is 4.29. The molecule has 7 nitrogen and oxygen atoms in total. The van der Waals surface area contributed by atoms with Gasteiger partial charge in [0.2, 0.25) is 11.7 Å². The Labute approximate surface area is 182 Å². The Hall–Kier alpha value is -2.12. The zero-order valence-corrected chi connectivity index (χ0v) is 18.3. The SMILES string of the molecule is CC1CCN(CCNC(=O)C2CCN(c3nc(-c4ccc(Cl)cc4)no3)CC2)CC1. The molecule has 8 heteroatoms. The van der Waals surface area contributed by atoms with Crippen molar-refractivity contribution in [2.45, 2.75) is 32.6 Å². The van der Waals surface area contributed by atoms with Crippen LogP contribution in [0.5, 0.6) is 0 Å². The maximum Gasteiger partial charge on any atom is 0.324 e. The van der Waals surface area contributed by atoms with Gasteiger partial charge in [0.1, 0.15) is 0 Å². The molecule has 0 atom stereocenters. The van der Waals surface area contributed by atoms with Crippen molar-refractivity contribution in [2.75, 3.05) is 44.2 Å². The highest BCUT2D eigenvalue weighted by Crippen LogP contribution is 2.25. The fraction of sp³-hybridized carbons (Fsp3) is 0.591. The quantitative estimate of drug-likeness (QED) is 0.755. The number of rotatable bonds is 6. The maximum atomic E-state index is 12.5. The number of piperidine rings is 2.